The van der Waals surface area contributed by atoms with Crippen LogP contribution in [0.25, 0.3) is 0 Å². The molecule has 0 aliphatic carbocycles. The molecule has 21 heavy (non-hydrogen) atoms. The first-order chi connectivity index (χ1) is 10.2. The summed E-state index contributed by atoms with van der Waals surface area (Å²) in [5.41, 5.74) is 1.79. The number of aromatic nitrogens is 2. The zero-order valence-electron chi connectivity index (χ0n) is 11.9. The van der Waals surface area contributed by atoms with Gasteiger partial charge in [0.2, 0.25) is 0 Å². The van der Waals surface area contributed by atoms with Gasteiger partial charge in [-0.25, -0.2) is 4.79 Å². The van der Waals surface area contributed by atoms with Crippen LogP contribution in [0.2, 0.25) is 0 Å². The van der Waals surface area contributed by atoms with Gasteiger partial charge in [0.05, 0.1) is 26.5 Å². The Balaban J connectivity index is 2.03. The molecule has 0 fully saturated rings. The van der Waals surface area contributed by atoms with Crippen LogP contribution in [-0.2, 0) is 22.6 Å². The lowest BCUT2D eigenvalue weighted by atomic mass is 10.1. The van der Waals surface area contributed by atoms with Crippen LogP contribution in [0.15, 0.2) is 42.7 Å². The van der Waals surface area contributed by atoms with E-state index in [1.807, 2.05) is 36.5 Å². The second kappa shape index (κ2) is 7.56. The molecule has 1 aromatic heterocycles. The minimum Gasteiger partial charge on any atom is -0.468 e. The largest absolute Gasteiger partial charge is 0.468 e. The molecule has 112 valence electrons. The highest BCUT2D eigenvalue weighted by Crippen LogP contribution is 2.15. The summed E-state index contributed by atoms with van der Waals surface area (Å²) in [5.74, 6) is -0.330. The Labute approximate surface area is 123 Å². The van der Waals surface area contributed by atoms with Crippen molar-refractivity contribution in [3.63, 3.8) is 0 Å². The fourth-order valence-corrected chi connectivity index (χ4v) is 2.04. The number of rotatable bonds is 7. The molecule has 0 aliphatic heterocycles. The van der Waals surface area contributed by atoms with Crippen molar-refractivity contribution in [1.29, 1.82) is 0 Å². The number of nitrogens with zero attached hydrogens (tertiary/aromatic N) is 2. The van der Waals surface area contributed by atoms with Crippen molar-refractivity contribution in [3.8, 4) is 0 Å². The minimum absolute atomic E-state index is 0.0450. The van der Waals surface area contributed by atoms with Gasteiger partial charge in [0.1, 0.15) is 6.04 Å². The van der Waals surface area contributed by atoms with Crippen LogP contribution in [-0.4, -0.2) is 34.6 Å². The summed E-state index contributed by atoms with van der Waals surface area (Å²) in [5, 5.41) is 16.2. The van der Waals surface area contributed by atoms with E-state index in [2.05, 4.69) is 10.4 Å². The van der Waals surface area contributed by atoms with Crippen molar-refractivity contribution in [3.05, 3.63) is 53.9 Å². The summed E-state index contributed by atoms with van der Waals surface area (Å²) in [6.07, 6.45) is 3.55. The fraction of sp³-hybridized carbons (Fsp3) is 0.333. The van der Waals surface area contributed by atoms with Crippen molar-refractivity contribution in [2.24, 2.45) is 0 Å². The molecule has 0 aliphatic rings. The van der Waals surface area contributed by atoms with E-state index < -0.39 is 6.04 Å². The van der Waals surface area contributed by atoms with E-state index in [0.29, 0.717) is 13.1 Å². The Morgan fingerprint density at radius 2 is 2.19 bits per heavy atom. The third-order valence-corrected chi connectivity index (χ3v) is 3.10. The number of carbonyl (C=O) groups is 1. The number of aliphatic hydroxyl groups excluding tert-OH is 1. The van der Waals surface area contributed by atoms with Crippen LogP contribution in [0, 0.1) is 0 Å². The molecule has 0 saturated carbocycles. The molecule has 1 aromatic carbocycles. The molecule has 0 radical (unpaired) electrons. The van der Waals surface area contributed by atoms with Crippen LogP contribution >= 0.6 is 0 Å². The molecule has 1 heterocycles. The second-order valence-electron chi connectivity index (χ2n) is 4.58. The molecule has 6 nitrogen and oxygen atoms in total. The van der Waals surface area contributed by atoms with Crippen LogP contribution < -0.4 is 5.32 Å². The highest BCUT2D eigenvalue weighted by atomic mass is 16.5. The smallest absolute Gasteiger partial charge is 0.327 e. The average molecular weight is 289 g/mol. The standard InChI is InChI=1S/C15H19N3O3/c1-21-15(20)14(13-5-3-2-4-6-13)16-9-12-10-17-18(11-12)7-8-19/h2-6,10-11,14,16,19H,7-9H2,1H3. The van der Waals surface area contributed by atoms with E-state index >= 15 is 0 Å². The van der Waals surface area contributed by atoms with Gasteiger partial charge in [-0.2, -0.15) is 5.10 Å². The van der Waals surface area contributed by atoms with Gasteiger partial charge in [-0.3, -0.25) is 10.00 Å². The topological polar surface area (TPSA) is 76.4 Å². The first-order valence-electron chi connectivity index (χ1n) is 6.73. The Bertz CT molecular complexity index is 569. The Morgan fingerprint density at radius 1 is 1.43 bits per heavy atom. The molecule has 6 heteroatoms. The van der Waals surface area contributed by atoms with Gasteiger partial charge in [-0.1, -0.05) is 30.3 Å². The molecular weight excluding hydrogens is 270 g/mol. The Hall–Kier alpha value is -2.18. The monoisotopic (exact) mass is 289 g/mol. The summed E-state index contributed by atoms with van der Waals surface area (Å²) >= 11 is 0. The van der Waals surface area contributed by atoms with Gasteiger partial charge in [0, 0.05) is 18.3 Å². The Kier molecular flexibility index (Phi) is 5.48. The quantitative estimate of drug-likeness (QED) is 0.740. The van der Waals surface area contributed by atoms with Crippen LogP contribution in [0.5, 0.6) is 0 Å². The van der Waals surface area contributed by atoms with Crippen molar-refractivity contribution in [1.82, 2.24) is 15.1 Å². The SMILES string of the molecule is COC(=O)C(NCc1cnn(CCO)c1)c1ccccc1. The molecule has 2 N–H and O–H groups in total. The number of carbonyl (C=O) groups excluding carboxylic acids is 1. The van der Waals surface area contributed by atoms with Gasteiger partial charge in [0.25, 0.3) is 0 Å². The zero-order valence-corrected chi connectivity index (χ0v) is 11.9. The van der Waals surface area contributed by atoms with Crippen molar-refractivity contribution >= 4 is 5.97 Å². The van der Waals surface area contributed by atoms with Gasteiger partial charge in [-0.15, -0.1) is 0 Å². The number of aliphatic hydroxyl groups is 1. The van der Waals surface area contributed by atoms with Gasteiger partial charge < -0.3 is 9.84 Å². The van der Waals surface area contributed by atoms with E-state index in [0.717, 1.165) is 11.1 Å². The normalized spacial score (nSPS) is 12.1. The molecule has 0 bridgehead atoms. The molecular formula is C15H19N3O3. The molecule has 0 saturated heterocycles. The third kappa shape index (κ3) is 4.14. The Morgan fingerprint density at radius 3 is 2.86 bits per heavy atom. The third-order valence-electron chi connectivity index (χ3n) is 3.10. The van der Waals surface area contributed by atoms with Gasteiger partial charge in [0.15, 0.2) is 0 Å². The summed E-state index contributed by atoms with van der Waals surface area (Å²) in [4.78, 5) is 11.9. The highest BCUT2D eigenvalue weighted by molar-refractivity contribution is 5.77. The van der Waals surface area contributed by atoms with Crippen LogP contribution in [0.3, 0.4) is 0 Å². The number of hydrogen-bond acceptors (Lipinski definition) is 5. The lowest BCUT2D eigenvalue weighted by Crippen LogP contribution is -2.29. The second-order valence-corrected chi connectivity index (χ2v) is 4.58. The van der Waals surface area contributed by atoms with Gasteiger partial charge in [-0.05, 0) is 5.56 Å². The highest BCUT2D eigenvalue weighted by Gasteiger charge is 2.20. The number of methoxy groups -OCH3 is 1. The maximum Gasteiger partial charge on any atom is 0.327 e. The van der Waals surface area contributed by atoms with Crippen LogP contribution in [0.1, 0.15) is 17.2 Å². The van der Waals surface area contributed by atoms with E-state index in [-0.39, 0.29) is 12.6 Å². The minimum atomic E-state index is -0.516. The number of benzene rings is 1. The summed E-state index contributed by atoms with van der Waals surface area (Å²) < 4.78 is 6.50. The van der Waals surface area contributed by atoms with E-state index in [1.165, 1.54) is 7.11 Å². The summed E-state index contributed by atoms with van der Waals surface area (Å²) in [7, 11) is 1.37. The van der Waals surface area contributed by atoms with E-state index in [4.69, 9.17) is 9.84 Å². The number of nitrogens with one attached hydrogen (secondary N) is 1. The van der Waals surface area contributed by atoms with Crippen LogP contribution in [0.4, 0.5) is 0 Å². The maximum atomic E-state index is 11.9. The number of ether oxygens (including phenoxy) is 1. The zero-order chi connectivity index (χ0) is 15.1. The van der Waals surface area contributed by atoms with Crippen molar-refractivity contribution in [2.45, 2.75) is 19.1 Å². The maximum absolute atomic E-state index is 11.9. The fourth-order valence-electron chi connectivity index (χ4n) is 2.04. The molecule has 0 amide bonds. The molecule has 2 rings (SSSR count). The molecule has 2 aromatic rings. The lowest BCUT2D eigenvalue weighted by Gasteiger charge is -2.16. The first-order valence-corrected chi connectivity index (χ1v) is 6.73. The first kappa shape index (κ1) is 15.2. The van der Waals surface area contributed by atoms with Crippen molar-refractivity contribution < 1.29 is 14.6 Å². The average Bonchev–Trinajstić information content (AvgIpc) is 2.96. The number of hydrogen-bond donors (Lipinski definition) is 2. The number of esters is 1. The van der Waals surface area contributed by atoms with E-state index in [1.54, 1.807) is 10.9 Å². The predicted octanol–water partition coefficient (Wildman–Crippen LogP) is 0.879. The molecule has 0 spiro atoms. The van der Waals surface area contributed by atoms with Gasteiger partial charge >= 0.3 is 5.97 Å². The van der Waals surface area contributed by atoms with E-state index in [9.17, 15) is 4.79 Å². The summed E-state index contributed by atoms with van der Waals surface area (Å²) in [6.45, 7) is 0.989. The molecule has 1 unspecified atom stereocenters. The predicted molar refractivity (Wildman–Crippen MR) is 77.4 cm³/mol. The summed E-state index contributed by atoms with van der Waals surface area (Å²) in [6, 6.07) is 8.90. The van der Waals surface area contributed by atoms with Crippen molar-refractivity contribution in [2.75, 3.05) is 13.7 Å². The molecule has 1 atom stereocenters. The lowest BCUT2D eigenvalue weighted by molar-refractivity contribution is -0.143.